The summed E-state index contributed by atoms with van der Waals surface area (Å²) in [6.45, 7) is 8.66. The summed E-state index contributed by atoms with van der Waals surface area (Å²) in [6.07, 6.45) is 1.05. The van der Waals surface area contributed by atoms with E-state index in [0.29, 0.717) is 6.04 Å². The van der Waals surface area contributed by atoms with Gasteiger partial charge in [-0.25, -0.2) is 4.98 Å². The van der Waals surface area contributed by atoms with Crippen LogP contribution in [0.15, 0.2) is 18.2 Å². The summed E-state index contributed by atoms with van der Waals surface area (Å²) in [5.41, 5.74) is 3.78. The molecule has 0 atom stereocenters. The first-order valence-electron chi connectivity index (χ1n) is 5.61. The molecule has 2 nitrogen and oxygen atoms in total. The number of aromatic nitrogens is 2. The second kappa shape index (κ2) is 3.69. The first kappa shape index (κ1) is 10.2. The van der Waals surface area contributed by atoms with Crippen LogP contribution in [0.2, 0.25) is 0 Å². The Morgan fingerprint density at radius 2 is 2.07 bits per heavy atom. The van der Waals surface area contributed by atoms with Crippen LogP contribution in [-0.2, 0) is 6.42 Å². The Labute approximate surface area is 90.9 Å². The normalized spacial score (nSPS) is 11.5. The van der Waals surface area contributed by atoms with Crippen LogP contribution >= 0.6 is 0 Å². The van der Waals surface area contributed by atoms with E-state index in [2.05, 4.69) is 55.4 Å². The fourth-order valence-electron chi connectivity index (χ4n) is 2.23. The van der Waals surface area contributed by atoms with E-state index < -0.39 is 0 Å². The van der Waals surface area contributed by atoms with Gasteiger partial charge in [-0.1, -0.05) is 19.1 Å². The number of aryl methyl sites for hydroxylation is 2. The molecule has 80 valence electrons. The zero-order valence-electron chi connectivity index (χ0n) is 9.91. The average Bonchev–Trinajstić information content (AvgIpc) is 2.53. The lowest BCUT2D eigenvalue weighted by molar-refractivity contribution is 0.600. The van der Waals surface area contributed by atoms with Gasteiger partial charge in [0.05, 0.1) is 11.0 Å². The topological polar surface area (TPSA) is 17.8 Å². The predicted molar refractivity (Wildman–Crippen MR) is 64.2 cm³/mol. The number of imidazole rings is 1. The molecule has 0 bridgehead atoms. The average molecular weight is 202 g/mol. The van der Waals surface area contributed by atoms with Crippen molar-refractivity contribution in [1.29, 1.82) is 0 Å². The smallest absolute Gasteiger partial charge is 0.106 e. The third-order valence-electron chi connectivity index (χ3n) is 2.88. The number of para-hydroxylation sites is 1. The molecule has 2 heteroatoms. The maximum atomic E-state index is 4.67. The number of hydrogen-bond donors (Lipinski definition) is 0. The Bertz CT molecular complexity index is 480. The largest absolute Gasteiger partial charge is 0.326 e. The molecule has 1 aromatic heterocycles. The maximum Gasteiger partial charge on any atom is 0.106 e. The van der Waals surface area contributed by atoms with Crippen molar-refractivity contribution < 1.29 is 0 Å². The van der Waals surface area contributed by atoms with Gasteiger partial charge >= 0.3 is 0 Å². The SMILES string of the molecule is CCc1cccc2c1nc(C)n2C(C)C. The zero-order chi connectivity index (χ0) is 11.0. The van der Waals surface area contributed by atoms with E-state index >= 15 is 0 Å². The van der Waals surface area contributed by atoms with Gasteiger partial charge in [-0.2, -0.15) is 0 Å². The van der Waals surface area contributed by atoms with Gasteiger partial charge in [0.1, 0.15) is 5.82 Å². The van der Waals surface area contributed by atoms with Crippen molar-refractivity contribution in [3.63, 3.8) is 0 Å². The molecule has 0 aliphatic rings. The highest BCUT2D eigenvalue weighted by Crippen LogP contribution is 2.23. The summed E-state index contributed by atoms with van der Waals surface area (Å²) in [4.78, 5) is 4.67. The van der Waals surface area contributed by atoms with E-state index in [-0.39, 0.29) is 0 Å². The lowest BCUT2D eigenvalue weighted by Crippen LogP contribution is -2.02. The maximum absolute atomic E-state index is 4.67. The highest BCUT2D eigenvalue weighted by atomic mass is 15.1. The molecule has 1 aromatic carbocycles. The van der Waals surface area contributed by atoms with Crippen LogP contribution in [-0.4, -0.2) is 9.55 Å². The number of benzene rings is 1. The Kier molecular flexibility index (Phi) is 2.51. The van der Waals surface area contributed by atoms with Crippen molar-refractivity contribution in [3.8, 4) is 0 Å². The molecule has 0 saturated carbocycles. The third-order valence-corrected chi connectivity index (χ3v) is 2.88. The lowest BCUT2D eigenvalue weighted by Gasteiger charge is -2.10. The molecule has 2 rings (SSSR count). The van der Waals surface area contributed by atoms with Crippen LogP contribution in [0.5, 0.6) is 0 Å². The van der Waals surface area contributed by atoms with Gasteiger partial charge in [-0.15, -0.1) is 0 Å². The van der Waals surface area contributed by atoms with Crippen molar-refractivity contribution in [1.82, 2.24) is 9.55 Å². The summed E-state index contributed by atoms with van der Waals surface area (Å²) >= 11 is 0. The second-order valence-electron chi connectivity index (χ2n) is 4.26. The molecule has 2 aromatic rings. The summed E-state index contributed by atoms with van der Waals surface area (Å²) in [7, 11) is 0. The van der Waals surface area contributed by atoms with E-state index in [9.17, 15) is 0 Å². The minimum atomic E-state index is 0.474. The molecule has 0 fully saturated rings. The van der Waals surface area contributed by atoms with Gasteiger partial charge in [0.15, 0.2) is 0 Å². The van der Waals surface area contributed by atoms with Crippen LogP contribution < -0.4 is 0 Å². The predicted octanol–water partition coefficient (Wildman–Crippen LogP) is 3.49. The monoisotopic (exact) mass is 202 g/mol. The second-order valence-corrected chi connectivity index (χ2v) is 4.26. The van der Waals surface area contributed by atoms with Crippen molar-refractivity contribution in [2.45, 2.75) is 40.2 Å². The molecule has 0 aliphatic heterocycles. The minimum Gasteiger partial charge on any atom is -0.326 e. The summed E-state index contributed by atoms with van der Waals surface area (Å²) in [6, 6.07) is 6.93. The first-order chi connectivity index (χ1) is 7.15. The fourth-order valence-corrected chi connectivity index (χ4v) is 2.23. The molecule has 1 heterocycles. The summed E-state index contributed by atoms with van der Waals surface area (Å²) < 4.78 is 2.30. The standard InChI is InChI=1S/C13H18N2/c1-5-11-7-6-8-12-13(11)14-10(4)15(12)9(2)3/h6-9H,5H2,1-4H3. The number of rotatable bonds is 2. The Morgan fingerprint density at radius 1 is 1.33 bits per heavy atom. The molecule has 0 radical (unpaired) electrons. The summed E-state index contributed by atoms with van der Waals surface area (Å²) in [5.74, 6) is 1.11. The Hall–Kier alpha value is -1.31. The van der Waals surface area contributed by atoms with Gasteiger partial charge < -0.3 is 4.57 Å². The zero-order valence-corrected chi connectivity index (χ0v) is 9.91. The van der Waals surface area contributed by atoms with Crippen LogP contribution in [0.4, 0.5) is 0 Å². The number of fused-ring (bicyclic) bond motifs is 1. The van der Waals surface area contributed by atoms with Gasteiger partial charge in [0, 0.05) is 6.04 Å². The highest BCUT2D eigenvalue weighted by molar-refractivity contribution is 5.79. The fraction of sp³-hybridized carbons (Fsp3) is 0.462. The molecule has 0 saturated heterocycles. The molecule has 0 unspecified atom stereocenters. The van der Waals surface area contributed by atoms with Gasteiger partial charge in [-0.3, -0.25) is 0 Å². The molecular weight excluding hydrogens is 184 g/mol. The lowest BCUT2D eigenvalue weighted by atomic mass is 10.1. The van der Waals surface area contributed by atoms with Crippen LogP contribution in [0.3, 0.4) is 0 Å². The molecule has 0 N–H and O–H groups in total. The van der Waals surface area contributed by atoms with E-state index in [1.807, 2.05) is 0 Å². The number of nitrogens with zero attached hydrogens (tertiary/aromatic N) is 2. The molecular formula is C13H18N2. The van der Waals surface area contributed by atoms with Crippen LogP contribution in [0.1, 0.15) is 38.2 Å². The molecule has 0 amide bonds. The van der Waals surface area contributed by atoms with Crippen molar-refractivity contribution in [2.24, 2.45) is 0 Å². The highest BCUT2D eigenvalue weighted by Gasteiger charge is 2.11. The molecule has 0 spiro atoms. The van der Waals surface area contributed by atoms with Crippen molar-refractivity contribution in [3.05, 3.63) is 29.6 Å². The van der Waals surface area contributed by atoms with E-state index in [4.69, 9.17) is 0 Å². The van der Waals surface area contributed by atoms with Gasteiger partial charge in [0.25, 0.3) is 0 Å². The van der Waals surface area contributed by atoms with Crippen molar-refractivity contribution in [2.75, 3.05) is 0 Å². The van der Waals surface area contributed by atoms with Crippen molar-refractivity contribution >= 4 is 11.0 Å². The van der Waals surface area contributed by atoms with E-state index in [1.165, 1.54) is 16.6 Å². The quantitative estimate of drug-likeness (QED) is 0.729. The third kappa shape index (κ3) is 1.54. The van der Waals surface area contributed by atoms with Crippen LogP contribution in [0, 0.1) is 6.92 Å². The van der Waals surface area contributed by atoms with E-state index in [1.54, 1.807) is 0 Å². The van der Waals surface area contributed by atoms with Crippen LogP contribution in [0.25, 0.3) is 11.0 Å². The van der Waals surface area contributed by atoms with Gasteiger partial charge in [0.2, 0.25) is 0 Å². The van der Waals surface area contributed by atoms with E-state index in [0.717, 1.165) is 12.2 Å². The minimum absolute atomic E-state index is 0.474. The Morgan fingerprint density at radius 3 is 2.67 bits per heavy atom. The number of hydrogen-bond acceptors (Lipinski definition) is 1. The molecule has 15 heavy (non-hydrogen) atoms. The first-order valence-corrected chi connectivity index (χ1v) is 5.61. The Balaban J connectivity index is 2.78. The van der Waals surface area contributed by atoms with Gasteiger partial charge in [-0.05, 0) is 38.8 Å². The summed E-state index contributed by atoms with van der Waals surface area (Å²) in [5, 5.41) is 0. The molecule has 0 aliphatic carbocycles.